The molecule has 1 aliphatic rings. The molecule has 1 aromatic carbocycles. The highest BCUT2D eigenvalue weighted by Crippen LogP contribution is 2.47. The normalized spacial score (nSPS) is 14.7. The lowest BCUT2D eigenvalue weighted by Gasteiger charge is -2.23. The van der Waals surface area contributed by atoms with Crippen molar-refractivity contribution < 1.29 is 9.59 Å². The highest BCUT2D eigenvalue weighted by atomic mass is 16.2. The lowest BCUT2D eigenvalue weighted by molar-refractivity contribution is -0.143. The summed E-state index contributed by atoms with van der Waals surface area (Å²) in [6, 6.07) is 13.5. The number of pyridine rings is 1. The summed E-state index contributed by atoms with van der Waals surface area (Å²) < 4.78 is 0. The van der Waals surface area contributed by atoms with Gasteiger partial charge in [-0.1, -0.05) is 30.3 Å². The zero-order valence-electron chi connectivity index (χ0n) is 13.7. The van der Waals surface area contributed by atoms with Crippen molar-refractivity contribution in [2.24, 2.45) is 5.41 Å². The van der Waals surface area contributed by atoms with Gasteiger partial charge in [-0.25, -0.2) is 0 Å². The van der Waals surface area contributed by atoms with Gasteiger partial charge < -0.3 is 10.2 Å². The van der Waals surface area contributed by atoms with Crippen molar-refractivity contribution in [2.75, 3.05) is 7.05 Å². The number of carbonyl (C=O) groups is 2. The Morgan fingerprint density at radius 3 is 2.38 bits per heavy atom. The maximum atomic E-state index is 12.7. The van der Waals surface area contributed by atoms with Crippen LogP contribution in [0, 0.1) is 5.41 Å². The molecular formula is C19H21N3O2. The van der Waals surface area contributed by atoms with E-state index < -0.39 is 5.41 Å². The van der Waals surface area contributed by atoms with E-state index in [0.717, 1.165) is 11.1 Å². The van der Waals surface area contributed by atoms with Crippen LogP contribution in [0.2, 0.25) is 0 Å². The average molecular weight is 323 g/mol. The van der Waals surface area contributed by atoms with Crippen LogP contribution in [0.15, 0.2) is 54.9 Å². The van der Waals surface area contributed by atoms with Crippen LogP contribution in [0.3, 0.4) is 0 Å². The zero-order valence-corrected chi connectivity index (χ0v) is 13.7. The van der Waals surface area contributed by atoms with Crippen LogP contribution in [0.4, 0.5) is 0 Å². The maximum absolute atomic E-state index is 12.7. The van der Waals surface area contributed by atoms with Crippen LogP contribution in [0.1, 0.15) is 24.0 Å². The predicted molar refractivity (Wildman–Crippen MR) is 90.7 cm³/mol. The lowest BCUT2D eigenvalue weighted by Crippen LogP contribution is -2.43. The molecule has 3 rings (SSSR count). The fourth-order valence-electron chi connectivity index (χ4n) is 2.81. The Kier molecular flexibility index (Phi) is 4.60. The van der Waals surface area contributed by atoms with Crippen molar-refractivity contribution in [2.45, 2.75) is 25.9 Å². The molecule has 5 nitrogen and oxygen atoms in total. The number of benzene rings is 1. The Bertz CT molecular complexity index is 712. The van der Waals surface area contributed by atoms with Crippen molar-refractivity contribution in [3.05, 3.63) is 66.0 Å². The van der Waals surface area contributed by atoms with Crippen molar-refractivity contribution >= 4 is 11.8 Å². The first-order valence-corrected chi connectivity index (χ1v) is 8.08. The molecule has 5 heteroatoms. The third-order valence-corrected chi connectivity index (χ3v) is 4.41. The smallest absolute Gasteiger partial charge is 0.238 e. The van der Waals surface area contributed by atoms with Gasteiger partial charge in [0.2, 0.25) is 11.8 Å². The molecule has 0 spiro atoms. The largest absolute Gasteiger partial charge is 0.351 e. The summed E-state index contributed by atoms with van der Waals surface area (Å²) in [6.07, 6.45) is 4.61. The number of aromatic nitrogens is 1. The lowest BCUT2D eigenvalue weighted by atomic mass is 10.0. The Morgan fingerprint density at radius 2 is 1.75 bits per heavy atom. The van der Waals surface area contributed by atoms with Gasteiger partial charge in [-0.2, -0.15) is 0 Å². The molecule has 1 aliphatic carbocycles. The second kappa shape index (κ2) is 6.83. The molecule has 2 aromatic rings. The summed E-state index contributed by atoms with van der Waals surface area (Å²) in [5.41, 5.74) is 1.15. The molecule has 1 saturated carbocycles. The molecule has 1 aromatic heterocycles. The summed E-state index contributed by atoms with van der Waals surface area (Å²) in [6.45, 7) is 0.928. The van der Waals surface area contributed by atoms with Gasteiger partial charge in [0, 0.05) is 32.5 Å². The maximum Gasteiger partial charge on any atom is 0.238 e. The average Bonchev–Trinajstić information content (AvgIpc) is 3.42. The molecule has 124 valence electrons. The third-order valence-electron chi connectivity index (χ3n) is 4.41. The minimum Gasteiger partial charge on any atom is -0.351 e. The number of carbonyl (C=O) groups excluding carboxylic acids is 2. The quantitative estimate of drug-likeness (QED) is 0.829. The third kappa shape index (κ3) is 3.45. The van der Waals surface area contributed by atoms with E-state index in [-0.39, 0.29) is 11.8 Å². The Labute approximate surface area is 141 Å². The van der Waals surface area contributed by atoms with E-state index in [1.54, 1.807) is 24.3 Å². The van der Waals surface area contributed by atoms with Gasteiger partial charge in [0.05, 0.1) is 0 Å². The van der Waals surface area contributed by atoms with Gasteiger partial charge in [-0.15, -0.1) is 0 Å². The molecular weight excluding hydrogens is 302 g/mol. The summed E-state index contributed by atoms with van der Waals surface area (Å²) in [5.74, 6) is -0.275. The van der Waals surface area contributed by atoms with Crippen molar-refractivity contribution in [1.29, 1.82) is 0 Å². The molecule has 1 N–H and O–H groups in total. The van der Waals surface area contributed by atoms with Crippen molar-refractivity contribution in [1.82, 2.24) is 15.2 Å². The first-order chi connectivity index (χ1) is 11.6. The summed E-state index contributed by atoms with van der Waals surface area (Å²) in [4.78, 5) is 30.9. The van der Waals surface area contributed by atoms with E-state index >= 15 is 0 Å². The number of amides is 2. The summed E-state index contributed by atoms with van der Waals surface area (Å²) >= 11 is 0. The van der Waals surface area contributed by atoms with Crippen LogP contribution in [-0.4, -0.2) is 28.7 Å². The molecule has 2 amide bonds. The van der Waals surface area contributed by atoms with Crippen LogP contribution in [0.25, 0.3) is 0 Å². The number of rotatable bonds is 6. The van der Waals surface area contributed by atoms with Gasteiger partial charge in [0.1, 0.15) is 5.41 Å². The fraction of sp³-hybridized carbons (Fsp3) is 0.316. The number of nitrogens with zero attached hydrogens (tertiary/aromatic N) is 2. The summed E-state index contributed by atoms with van der Waals surface area (Å²) in [7, 11) is 1.76. The molecule has 24 heavy (non-hydrogen) atoms. The standard InChI is InChI=1S/C19H21N3O2/c1-22(14-16-5-3-2-4-6-16)18(24)19(9-10-19)17(23)21-13-15-7-11-20-12-8-15/h2-8,11-12H,9-10,13-14H2,1H3,(H,21,23). The van der Waals surface area contributed by atoms with Gasteiger partial charge in [-0.3, -0.25) is 14.6 Å². The minimum absolute atomic E-state index is 0.0985. The first kappa shape index (κ1) is 16.2. The zero-order chi connectivity index (χ0) is 17.0. The van der Waals surface area contributed by atoms with Crippen LogP contribution in [-0.2, 0) is 22.7 Å². The van der Waals surface area contributed by atoms with Crippen molar-refractivity contribution in [3.8, 4) is 0 Å². The highest BCUT2D eigenvalue weighted by Gasteiger charge is 2.57. The van der Waals surface area contributed by atoms with E-state index in [4.69, 9.17) is 0 Å². The number of nitrogens with one attached hydrogen (secondary N) is 1. The highest BCUT2D eigenvalue weighted by molar-refractivity contribution is 6.07. The molecule has 1 heterocycles. The van der Waals surface area contributed by atoms with Crippen LogP contribution >= 0.6 is 0 Å². The molecule has 0 radical (unpaired) electrons. The summed E-state index contributed by atoms with van der Waals surface area (Å²) in [5, 5.41) is 2.89. The van der Waals surface area contributed by atoms with Gasteiger partial charge >= 0.3 is 0 Å². The van der Waals surface area contributed by atoms with E-state index in [9.17, 15) is 9.59 Å². The molecule has 0 atom stereocenters. The molecule has 0 unspecified atom stereocenters. The van der Waals surface area contributed by atoms with Crippen LogP contribution in [0.5, 0.6) is 0 Å². The van der Waals surface area contributed by atoms with Gasteiger partial charge in [0.15, 0.2) is 0 Å². The van der Waals surface area contributed by atoms with E-state index in [0.29, 0.717) is 25.9 Å². The van der Waals surface area contributed by atoms with Gasteiger partial charge in [0.25, 0.3) is 0 Å². The second-order valence-corrected chi connectivity index (χ2v) is 6.27. The predicted octanol–water partition coefficient (Wildman–Crippen LogP) is 2.14. The molecule has 1 fully saturated rings. The fourth-order valence-corrected chi connectivity index (χ4v) is 2.81. The Morgan fingerprint density at radius 1 is 1.08 bits per heavy atom. The Balaban J connectivity index is 1.60. The number of hydrogen-bond acceptors (Lipinski definition) is 3. The van der Waals surface area contributed by atoms with E-state index in [1.165, 1.54) is 0 Å². The Hall–Kier alpha value is -2.69. The van der Waals surface area contributed by atoms with E-state index in [1.807, 2.05) is 42.5 Å². The van der Waals surface area contributed by atoms with Crippen LogP contribution < -0.4 is 5.32 Å². The number of hydrogen-bond donors (Lipinski definition) is 1. The van der Waals surface area contributed by atoms with Crippen molar-refractivity contribution in [3.63, 3.8) is 0 Å². The topological polar surface area (TPSA) is 62.3 Å². The molecule has 0 saturated heterocycles. The van der Waals surface area contributed by atoms with E-state index in [2.05, 4.69) is 10.3 Å². The first-order valence-electron chi connectivity index (χ1n) is 8.08. The monoisotopic (exact) mass is 323 g/mol. The molecule has 0 aliphatic heterocycles. The van der Waals surface area contributed by atoms with Gasteiger partial charge in [-0.05, 0) is 36.1 Å². The molecule has 0 bridgehead atoms. The minimum atomic E-state index is -0.878. The SMILES string of the molecule is CN(Cc1ccccc1)C(=O)C1(C(=O)NCc2ccncc2)CC1. The second-order valence-electron chi connectivity index (χ2n) is 6.27.